The maximum Gasteiger partial charge on any atom is 0.223 e. The van der Waals surface area contributed by atoms with E-state index in [0.29, 0.717) is 25.6 Å². The molecule has 2 fully saturated rings. The van der Waals surface area contributed by atoms with E-state index in [4.69, 9.17) is 5.11 Å². The molecule has 1 unspecified atom stereocenters. The van der Waals surface area contributed by atoms with Crippen molar-refractivity contribution in [2.45, 2.75) is 57.0 Å². The highest BCUT2D eigenvalue weighted by Crippen LogP contribution is 2.18. The van der Waals surface area contributed by atoms with Crippen LogP contribution in [0.4, 0.5) is 0 Å². The quantitative estimate of drug-likeness (QED) is 0.742. The van der Waals surface area contributed by atoms with Crippen LogP contribution in [-0.4, -0.2) is 72.1 Å². The molecule has 0 spiro atoms. The molecule has 1 saturated carbocycles. The Morgan fingerprint density at radius 1 is 1.18 bits per heavy atom. The lowest BCUT2D eigenvalue weighted by atomic mass is 10.1. The van der Waals surface area contributed by atoms with Crippen LogP contribution in [0.15, 0.2) is 0 Å². The topological polar surface area (TPSA) is 72.9 Å². The number of piperazine rings is 1. The molecule has 6 nitrogen and oxygen atoms in total. The first kappa shape index (κ1) is 17.2. The first-order chi connectivity index (χ1) is 10.6. The highest BCUT2D eigenvalue weighted by atomic mass is 16.3. The summed E-state index contributed by atoms with van der Waals surface area (Å²) in [6.07, 6.45) is 5.78. The third kappa shape index (κ3) is 4.95. The minimum atomic E-state index is 0.00119. The zero-order chi connectivity index (χ0) is 15.9. The molecule has 2 aliphatic rings. The fourth-order valence-corrected chi connectivity index (χ4v) is 3.38. The lowest BCUT2D eigenvalue weighted by molar-refractivity contribution is -0.136. The lowest BCUT2D eigenvalue weighted by Crippen LogP contribution is -2.53. The Kier molecular flexibility index (Phi) is 6.64. The van der Waals surface area contributed by atoms with Gasteiger partial charge in [0.15, 0.2) is 0 Å². The van der Waals surface area contributed by atoms with E-state index < -0.39 is 0 Å². The molecule has 0 aromatic carbocycles. The van der Waals surface area contributed by atoms with E-state index in [0.717, 1.165) is 19.4 Å². The second-order valence-electron chi connectivity index (χ2n) is 6.54. The van der Waals surface area contributed by atoms with Crippen LogP contribution in [0.1, 0.15) is 44.9 Å². The number of hydrogen-bond acceptors (Lipinski definition) is 4. The number of rotatable bonds is 6. The first-order valence-corrected chi connectivity index (χ1v) is 8.48. The summed E-state index contributed by atoms with van der Waals surface area (Å²) in [5.74, 6) is 0.0545. The first-order valence-electron chi connectivity index (χ1n) is 8.48. The molecule has 0 aromatic rings. The van der Waals surface area contributed by atoms with Crippen LogP contribution >= 0.6 is 0 Å². The van der Waals surface area contributed by atoms with Crippen LogP contribution in [-0.2, 0) is 9.59 Å². The largest absolute Gasteiger partial charge is 0.396 e. The summed E-state index contributed by atoms with van der Waals surface area (Å²) in [5.41, 5.74) is 0. The van der Waals surface area contributed by atoms with E-state index in [2.05, 4.69) is 10.2 Å². The van der Waals surface area contributed by atoms with Crippen molar-refractivity contribution < 1.29 is 14.7 Å². The van der Waals surface area contributed by atoms with Crippen LogP contribution in [0.3, 0.4) is 0 Å². The average molecular weight is 311 g/mol. The molecule has 0 radical (unpaired) electrons. The van der Waals surface area contributed by atoms with E-state index in [-0.39, 0.29) is 37.3 Å². The van der Waals surface area contributed by atoms with Gasteiger partial charge in [-0.15, -0.1) is 0 Å². The molecule has 2 N–H and O–H groups in total. The number of carbonyl (C=O) groups excluding carboxylic acids is 2. The van der Waals surface area contributed by atoms with Crippen molar-refractivity contribution in [1.82, 2.24) is 15.1 Å². The number of carbonyl (C=O) groups is 2. The van der Waals surface area contributed by atoms with Crippen LogP contribution in [0, 0.1) is 0 Å². The van der Waals surface area contributed by atoms with Gasteiger partial charge in [0, 0.05) is 51.2 Å². The number of amides is 2. The minimum Gasteiger partial charge on any atom is -0.396 e. The fraction of sp³-hybridized carbons (Fsp3) is 0.875. The third-order valence-corrected chi connectivity index (χ3v) is 4.88. The van der Waals surface area contributed by atoms with Gasteiger partial charge in [-0.1, -0.05) is 12.8 Å². The van der Waals surface area contributed by atoms with Gasteiger partial charge in [0.1, 0.15) is 0 Å². The maximum absolute atomic E-state index is 12.3. The number of aliphatic hydroxyl groups excluding tert-OH is 1. The number of nitrogens with one attached hydrogen (secondary N) is 1. The molecule has 22 heavy (non-hydrogen) atoms. The normalized spacial score (nSPS) is 23.7. The zero-order valence-corrected chi connectivity index (χ0v) is 13.6. The number of aliphatic hydroxyl groups is 1. The lowest BCUT2D eigenvalue weighted by Gasteiger charge is -2.39. The summed E-state index contributed by atoms with van der Waals surface area (Å²) in [6.45, 7) is 2.33. The summed E-state index contributed by atoms with van der Waals surface area (Å²) in [5, 5.41) is 12.1. The predicted molar refractivity (Wildman–Crippen MR) is 84.3 cm³/mol. The number of likely N-dealkylation sites (N-methyl/N-ethyl adjacent to an activating group) is 1. The zero-order valence-electron chi connectivity index (χ0n) is 13.6. The van der Waals surface area contributed by atoms with E-state index in [1.54, 1.807) is 0 Å². The molecule has 6 heteroatoms. The highest BCUT2D eigenvalue weighted by Gasteiger charge is 2.27. The second-order valence-corrected chi connectivity index (χ2v) is 6.54. The molecule has 1 aliphatic heterocycles. The van der Waals surface area contributed by atoms with Gasteiger partial charge in [-0.3, -0.25) is 14.5 Å². The van der Waals surface area contributed by atoms with Crippen molar-refractivity contribution >= 4 is 11.8 Å². The Balaban J connectivity index is 1.70. The SMILES string of the molecule is CN1CCN(C(=O)CCC(=O)NC2CCCC2)CC1CCO. The van der Waals surface area contributed by atoms with Crippen LogP contribution < -0.4 is 5.32 Å². The van der Waals surface area contributed by atoms with Gasteiger partial charge in [-0.05, 0) is 26.3 Å². The third-order valence-electron chi connectivity index (χ3n) is 4.88. The minimum absolute atomic E-state index is 0.00119. The molecule has 0 bridgehead atoms. The molecule has 1 aliphatic carbocycles. The monoisotopic (exact) mass is 311 g/mol. The molecule has 2 amide bonds. The highest BCUT2D eigenvalue weighted by molar-refractivity contribution is 5.84. The number of nitrogens with zero attached hydrogens (tertiary/aromatic N) is 2. The Morgan fingerprint density at radius 2 is 1.91 bits per heavy atom. The summed E-state index contributed by atoms with van der Waals surface area (Å²) in [6, 6.07) is 0.537. The molecule has 2 rings (SSSR count). The van der Waals surface area contributed by atoms with Crippen molar-refractivity contribution in [3.05, 3.63) is 0 Å². The van der Waals surface area contributed by atoms with Crippen LogP contribution in [0.2, 0.25) is 0 Å². The van der Waals surface area contributed by atoms with Gasteiger partial charge in [-0.2, -0.15) is 0 Å². The average Bonchev–Trinajstić information content (AvgIpc) is 3.00. The summed E-state index contributed by atoms with van der Waals surface area (Å²) in [7, 11) is 2.02. The maximum atomic E-state index is 12.3. The van der Waals surface area contributed by atoms with Crippen LogP contribution in [0.5, 0.6) is 0 Å². The van der Waals surface area contributed by atoms with Gasteiger partial charge in [0.05, 0.1) is 0 Å². The van der Waals surface area contributed by atoms with Crippen molar-refractivity contribution in [3.8, 4) is 0 Å². The van der Waals surface area contributed by atoms with Crippen LogP contribution in [0.25, 0.3) is 0 Å². The molecule has 0 aromatic heterocycles. The van der Waals surface area contributed by atoms with E-state index in [9.17, 15) is 9.59 Å². The molecule has 1 saturated heterocycles. The van der Waals surface area contributed by atoms with E-state index in [1.807, 2.05) is 11.9 Å². The second kappa shape index (κ2) is 8.48. The summed E-state index contributed by atoms with van der Waals surface area (Å²) in [4.78, 5) is 28.2. The smallest absolute Gasteiger partial charge is 0.223 e. The van der Waals surface area contributed by atoms with Gasteiger partial charge in [0.2, 0.25) is 11.8 Å². The Morgan fingerprint density at radius 3 is 2.59 bits per heavy atom. The Bertz CT molecular complexity index is 383. The van der Waals surface area contributed by atoms with Crippen molar-refractivity contribution in [2.75, 3.05) is 33.3 Å². The standard InChI is InChI=1S/C16H29N3O3/c1-18-9-10-19(12-14(18)8-11-20)16(22)7-6-15(21)17-13-4-2-3-5-13/h13-14,20H,2-12H2,1H3,(H,17,21). The van der Waals surface area contributed by atoms with Crippen molar-refractivity contribution in [3.63, 3.8) is 0 Å². The Labute approximate surface area is 132 Å². The molecular formula is C16H29N3O3. The summed E-state index contributed by atoms with van der Waals surface area (Å²) >= 11 is 0. The van der Waals surface area contributed by atoms with Crippen molar-refractivity contribution in [1.29, 1.82) is 0 Å². The van der Waals surface area contributed by atoms with E-state index in [1.165, 1.54) is 12.8 Å². The molecular weight excluding hydrogens is 282 g/mol. The predicted octanol–water partition coefficient (Wildman–Crippen LogP) is 0.350. The summed E-state index contributed by atoms with van der Waals surface area (Å²) < 4.78 is 0. The number of hydrogen-bond donors (Lipinski definition) is 2. The molecule has 1 heterocycles. The Hall–Kier alpha value is -1.14. The fourth-order valence-electron chi connectivity index (χ4n) is 3.38. The molecule has 126 valence electrons. The van der Waals surface area contributed by atoms with Gasteiger partial charge < -0.3 is 15.3 Å². The van der Waals surface area contributed by atoms with Gasteiger partial charge in [0.25, 0.3) is 0 Å². The van der Waals surface area contributed by atoms with Gasteiger partial charge >= 0.3 is 0 Å². The van der Waals surface area contributed by atoms with Crippen molar-refractivity contribution in [2.24, 2.45) is 0 Å². The van der Waals surface area contributed by atoms with E-state index >= 15 is 0 Å². The van der Waals surface area contributed by atoms with Gasteiger partial charge in [-0.25, -0.2) is 0 Å². The molecule has 1 atom stereocenters.